The van der Waals surface area contributed by atoms with Crippen LogP contribution in [0, 0.1) is 0 Å². The summed E-state index contributed by atoms with van der Waals surface area (Å²) in [5.41, 5.74) is 2.92. The molecule has 0 aliphatic carbocycles. The van der Waals surface area contributed by atoms with E-state index in [0.717, 1.165) is 16.8 Å². The zero-order chi connectivity index (χ0) is 19.5. The number of nitrogens with zero attached hydrogens (tertiary/aromatic N) is 2. The largest absolute Gasteiger partial charge is 0.491 e. The fourth-order valence-corrected chi connectivity index (χ4v) is 3.05. The molecular weight excluding hydrogens is 358 g/mol. The minimum absolute atomic E-state index is 0.0113. The molecule has 0 bridgehead atoms. The van der Waals surface area contributed by atoms with Crippen molar-refractivity contribution in [1.82, 2.24) is 14.5 Å². The summed E-state index contributed by atoms with van der Waals surface area (Å²) in [5, 5.41) is 18.8. The summed E-state index contributed by atoms with van der Waals surface area (Å²) in [4.78, 5) is 19.5. The third kappa shape index (κ3) is 3.40. The highest BCUT2D eigenvalue weighted by Crippen LogP contribution is 2.29. The van der Waals surface area contributed by atoms with E-state index in [0.29, 0.717) is 16.8 Å². The first-order valence-corrected chi connectivity index (χ1v) is 8.83. The highest BCUT2D eigenvalue weighted by atomic mass is 16.5. The van der Waals surface area contributed by atoms with Crippen LogP contribution in [0.3, 0.4) is 0 Å². The molecule has 2 aromatic carbocycles. The summed E-state index contributed by atoms with van der Waals surface area (Å²) >= 11 is 0. The van der Waals surface area contributed by atoms with Gasteiger partial charge in [-0.3, -0.25) is 4.79 Å². The first-order chi connectivity index (χ1) is 13.7. The number of aromatic amines is 1. The Hall–Kier alpha value is -3.42. The average Bonchev–Trinajstić information content (AvgIpc) is 3.14. The van der Waals surface area contributed by atoms with Crippen LogP contribution in [0.1, 0.15) is 0 Å². The molecule has 4 rings (SSSR count). The number of nitrogens with one attached hydrogen (secondary N) is 1. The molecule has 1 unspecified atom stereocenters. The van der Waals surface area contributed by atoms with E-state index in [9.17, 15) is 9.90 Å². The quantitative estimate of drug-likeness (QED) is 0.478. The molecular formula is C21H19N3O4. The highest BCUT2D eigenvalue weighted by molar-refractivity contribution is 5.94. The zero-order valence-corrected chi connectivity index (χ0v) is 14.9. The van der Waals surface area contributed by atoms with Gasteiger partial charge >= 0.3 is 0 Å². The second-order valence-electron chi connectivity index (χ2n) is 6.35. The van der Waals surface area contributed by atoms with Crippen LogP contribution in [-0.2, 0) is 0 Å². The first-order valence-electron chi connectivity index (χ1n) is 8.83. The van der Waals surface area contributed by atoms with Crippen LogP contribution in [-0.4, -0.2) is 44.1 Å². The van der Waals surface area contributed by atoms with Gasteiger partial charge in [0.15, 0.2) is 5.65 Å². The molecule has 0 fully saturated rings. The van der Waals surface area contributed by atoms with Crippen molar-refractivity contribution < 1.29 is 14.9 Å². The number of benzene rings is 2. The van der Waals surface area contributed by atoms with Crippen molar-refractivity contribution in [2.45, 2.75) is 6.10 Å². The number of fused-ring (bicyclic) bond motifs is 1. The van der Waals surface area contributed by atoms with Gasteiger partial charge in [-0.15, -0.1) is 0 Å². The Bertz CT molecular complexity index is 1130. The average molecular weight is 377 g/mol. The molecule has 7 heteroatoms. The van der Waals surface area contributed by atoms with E-state index < -0.39 is 6.10 Å². The number of ether oxygens (including phenoxy) is 1. The molecule has 7 nitrogen and oxygen atoms in total. The van der Waals surface area contributed by atoms with E-state index in [1.54, 1.807) is 12.1 Å². The predicted molar refractivity (Wildman–Crippen MR) is 106 cm³/mol. The van der Waals surface area contributed by atoms with Gasteiger partial charge < -0.3 is 24.5 Å². The Morgan fingerprint density at radius 2 is 1.86 bits per heavy atom. The number of aliphatic hydroxyl groups excluding tert-OH is 2. The Morgan fingerprint density at radius 1 is 1.11 bits per heavy atom. The molecule has 0 spiro atoms. The number of rotatable bonds is 6. The first kappa shape index (κ1) is 18.0. The topological polar surface area (TPSA) is 100 Å². The van der Waals surface area contributed by atoms with E-state index in [1.165, 1.54) is 6.33 Å². The van der Waals surface area contributed by atoms with Crippen molar-refractivity contribution in [2.24, 2.45) is 0 Å². The van der Waals surface area contributed by atoms with Crippen LogP contribution in [0.4, 0.5) is 0 Å². The van der Waals surface area contributed by atoms with Gasteiger partial charge in [-0.05, 0) is 29.8 Å². The lowest BCUT2D eigenvalue weighted by Crippen LogP contribution is -2.21. The van der Waals surface area contributed by atoms with Gasteiger partial charge in [0.25, 0.3) is 5.56 Å². The van der Waals surface area contributed by atoms with Gasteiger partial charge in [0, 0.05) is 17.4 Å². The molecule has 2 heterocycles. The molecule has 0 saturated carbocycles. The number of aliphatic hydroxyl groups is 2. The Kier molecular flexibility index (Phi) is 4.92. The van der Waals surface area contributed by atoms with Crippen molar-refractivity contribution in [3.05, 3.63) is 77.5 Å². The van der Waals surface area contributed by atoms with E-state index in [1.807, 2.05) is 53.2 Å². The molecule has 0 aliphatic rings. The van der Waals surface area contributed by atoms with Crippen molar-refractivity contribution in [3.8, 4) is 22.6 Å². The summed E-state index contributed by atoms with van der Waals surface area (Å²) in [6.07, 6.45) is 2.37. The maximum absolute atomic E-state index is 12.5. The van der Waals surface area contributed by atoms with Crippen LogP contribution in [0.15, 0.2) is 71.9 Å². The Morgan fingerprint density at radius 3 is 2.57 bits per heavy atom. The van der Waals surface area contributed by atoms with E-state index in [2.05, 4.69) is 9.97 Å². The normalized spacial score (nSPS) is 12.2. The summed E-state index contributed by atoms with van der Waals surface area (Å²) < 4.78 is 7.30. The Balaban J connectivity index is 1.75. The van der Waals surface area contributed by atoms with Gasteiger partial charge in [0.1, 0.15) is 18.5 Å². The van der Waals surface area contributed by atoms with Gasteiger partial charge in [-0.25, -0.2) is 4.98 Å². The third-order valence-corrected chi connectivity index (χ3v) is 4.44. The third-order valence-electron chi connectivity index (χ3n) is 4.44. The molecule has 3 N–H and O–H groups in total. The standard InChI is InChI=1S/C21H19N3O4/c25-11-16(26)12-28-17-8-6-15(7-9-17)24-10-18(14-4-2-1-3-5-14)19-20(24)22-13-23-21(19)27/h1-10,13,16,25-26H,11-12H2,(H,22,23,27). The molecule has 4 aromatic rings. The van der Waals surface area contributed by atoms with Crippen LogP contribution in [0.2, 0.25) is 0 Å². The molecule has 0 radical (unpaired) electrons. The second-order valence-corrected chi connectivity index (χ2v) is 6.35. The van der Waals surface area contributed by atoms with Crippen LogP contribution in [0.25, 0.3) is 27.8 Å². The molecule has 1 atom stereocenters. The summed E-state index contributed by atoms with van der Waals surface area (Å²) in [6.45, 7) is -0.340. The smallest absolute Gasteiger partial charge is 0.260 e. The summed E-state index contributed by atoms with van der Waals surface area (Å²) in [7, 11) is 0. The second kappa shape index (κ2) is 7.67. The number of hydrogen-bond acceptors (Lipinski definition) is 5. The highest BCUT2D eigenvalue weighted by Gasteiger charge is 2.15. The van der Waals surface area contributed by atoms with Crippen molar-refractivity contribution in [3.63, 3.8) is 0 Å². The molecule has 0 aliphatic heterocycles. The van der Waals surface area contributed by atoms with Crippen molar-refractivity contribution in [2.75, 3.05) is 13.2 Å². The van der Waals surface area contributed by atoms with E-state index >= 15 is 0 Å². The Labute approximate surface area is 160 Å². The summed E-state index contributed by atoms with van der Waals surface area (Å²) in [6, 6.07) is 16.9. The SMILES string of the molecule is O=c1[nH]cnc2c1c(-c1ccccc1)cn2-c1ccc(OCC(O)CO)cc1. The lowest BCUT2D eigenvalue weighted by Gasteiger charge is -2.10. The van der Waals surface area contributed by atoms with Gasteiger partial charge in [-0.2, -0.15) is 0 Å². The fraction of sp³-hybridized carbons (Fsp3) is 0.143. The van der Waals surface area contributed by atoms with Gasteiger partial charge in [0.05, 0.1) is 18.3 Å². The molecule has 0 amide bonds. The molecule has 142 valence electrons. The van der Waals surface area contributed by atoms with Crippen LogP contribution in [0.5, 0.6) is 5.75 Å². The molecule has 28 heavy (non-hydrogen) atoms. The number of H-pyrrole nitrogens is 1. The van der Waals surface area contributed by atoms with Crippen LogP contribution >= 0.6 is 0 Å². The van der Waals surface area contributed by atoms with Crippen molar-refractivity contribution in [1.29, 1.82) is 0 Å². The molecule has 0 saturated heterocycles. The molecule has 2 aromatic heterocycles. The van der Waals surface area contributed by atoms with Crippen molar-refractivity contribution >= 4 is 11.0 Å². The zero-order valence-electron chi connectivity index (χ0n) is 14.9. The lowest BCUT2D eigenvalue weighted by atomic mass is 10.1. The van der Waals surface area contributed by atoms with Gasteiger partial charge in [0.2, 0.25) is 0 Å². The van der Waals surface area contributed by atoms with Crippen LogP contribution < -0.4 is 10.3 Å². The summed E-state index contributed by atoms with van der Waals surface area (Å²) in [5.74, 6) is 0.571. The number of aromatic nitrogens is 3. The monoisotopic (exact) mass is 377 g/mol. The maximum atomic E-state index is 12.5. The van der Waals surface area contributed by atoms with Gasteiger partial charge in [-0.1, -0.05) is 30.3 Å². The van der Waals surface area contributed by atoms with E-state index in [4.69, 9.17) is 9.84 Å². The minimum Gasteiger partial charge on any atom is -0.491 e. The predicted octanol–water partition coefficient (Wildman–Crippen LogP) is 2.11. The fourth-order valence-electron chi connectivity index (χ4n) is 3.05. The minimum atomic E-state index is -0.919. The maximum Gasteiger partial charge on any atom is 0.260 e. The van der Waals surface area contributed by atoms with E-state index in [-0.39, 0.29) is 18.8 Å². The number of hydrogen-bond donors (Lipinski definition) is 3. The lowest BCUT2D eigenvalue weighted by molar-refractivity contribution is 0.0536.